The standard InChI is InChI=1S/C12H20N2OS/c1-4-10(3)16-9-11(15)8-12-13-6-7-14(12)5-2/h6-7,10H,4-5,8-9H2,1-3H3. The van der Waals surface area contributed by atoms with Crippen molar-refractivity contribution in [2.75, 3.05) is 5.75 Å². The van der Waals surface area contributed by atoms with Gasteiger partial charge in [-0.3, -0.25) is 4.79 Å². The Kier molecular flexibility index (Phi) is 5.60. The van der Waals surface area contributed by atoms with Crippen molar-refractivity contribution in [1.29, 1.82) is 0 Å². The number of carbonyl (C=O) groups is 1. The number of carbonyl (C=O) groups excluding carboxylic acids is 1. The van der Waals surface area contributed by atoms with Gasteiger partial charge in [0.05, 0.1) is 12.2 Å². The van der Waals surface area contributed by atoms with Crippen molar-refractivity contribution in [2.24, 2.45) is 0 Å². The largest absolute Gasteiger partial charge is 0.335 e. The second-order valence-electron chi connectivity index (χ2n) is 3.87. The first-order valence-electron chi connectivity index (χ1n) is 5.80. The Hall–Kier alpha value is -0.770. The van der Waals surface area contributed by atoms with E-state index in [9.17, 15) is 4.79 Å². The van der Waals surface area contributed by atoms with Gasteiger partial charge in [0.1, 0.15) is 11.6 Å². The molecule has 1 aromatic rings. The van der Waals surface area contributed by atoms with Crippen molar-refractivity contribution in [2.45, 2.75) is 45.4 Å². The van der Waals surface area contributed by atoms with E-state index in [1.165, 1.54) is 0 Å². The average molecular weight is 240 g/mol. The van der Waals surface area contributed by atoms with Crippen LogP contribution >= 0.6 is 11.8 Å². The molecular weight excluding hydrogens is 220 g/mol. The minimum atomic E-state index is 0.270. The fourth-order valence-electron chi connectivity index (χ4n) is 1.38. The summed E-state index contributed by atoms with van der Waals surface area (Å²) in [5, 5.41) is 0.565. The molecule has 0 aliphatic rings. The van der Waals surface area contributed by atoms with Crippen LogP contribution in [0.2, 0.25) is 0 Å². The molecule has 0 spiro atoms. The maximum atomic E-state index is 11.7. The van der Waals surface area contributed by atoms with Crippen molar-refractivity contribution in [1.82, 2.24) is 9.55 Å². The van der Waals surface area contributed by atoms with Crippen LogP contribution in [0.1, 0.15) is 33.0 Å². The van der Waals surface area contributed by atoms with E-state index in [0.717, 1.165) is 18.8 Å². The third-order valence-electron chi connectivity index (χ3n) is 2.60. The number of aryl methyl sites for hydroxylation is 1. The quantitative estimate of drug-likeness (QED) is 0.734. The van der Waals surface area contributed by atoms with Gasteiger partial charge in [-0.1, -0.05) is 13.8 Å². The van der Waals surface area contributed by atoms with Gasteiger partial charge < -0.3 is 4.57 Å². The normalized spacial score (nSPS) is 12.7. The number of aromatic nitrogens is 2. The van der Waals surface area contributed by atoms with E-state index in [4.69, 9.17) is 0 Å². The summed E-state index contributed by atoms with van der Waals surface area (Å²) in [7, 11) is 0. The summed E-state index contributed by atoms with van der Waals surface area (Å²) in [6.45, 7) is 7.24. The molecule has 1 heterocycles. The Bertz CT molecular complexity index is 336. The minimum absolute atomic E-state index is 0.270. The third kappa shape index (κ3) is 4.00. The molecule has 0 N–H and O–H groups in total. The molecule has 0 saturated carbocycles. The van der Waals surface area contributed by atoms with Crippen LogP contribution in [-0.2, 0) is 17.8 Å². The van der Waals surface area contributed by atoms with Crippen LogP contribution in [0.15, 0.2) is 12.4 Å². The molecule has 1 unspecified atom stereocenters. The van der Waals surface area contributed by atoms with Crippen LogP contribution in [0.4, 0.5) is 0 Å². The van der Waals surface area contributed by atoms with E-state index < -0.39 is 0 Å². The van der Waals surface area contributed by atoms with Gasteiger partial charge in [0, 0.05) is 24.2 Å². The molecule has 1 atom stereocenters. The Labute approximate surface area is 102 Å². The number of hydrogen-bond acceptors (Lipinski definition) is 3. The lowest BCUT2D eigenvalue weighted by Gasteiger charge is -2.07. The Morgan fingerprint density at radius 3 is 2.94 bits per heavy atom. The van der Waals surface area contributed by atoms with Crippen LogP contribution in [0.5, 0.6) is 0 Å². The molecule has 0 amide bonds. The fourth-order valence-corrected chi connectivity index (χ4v) is 2.18. The summed E-state index contributed by atoms with van der Waals surface area (Å²) in [5.41, 5.74) is 0. The molecule has 0 aromatic carbocycles. The summed E-state index contributed by atoms with van der Waals surface area (Å²) in [6.07, 6.45) is 5.25. The SMILES string of the molecule is CCC(C)SCC(=O)Cc1nccn1CC. The first-order chi connectivity index (χ1) is 7.67. The predicted molar refractivity (Wildman–Crippen MR) is 68.8 cm³/mol. The molecule has 90 valence electrons. The summed E-state index contributed by atoms with van der Waals surface area (Å²) in [6, 6.07) is 0. The Morgan fingerprint density at radius 1 is 1.56 bits per heavy atom. The predicted octanol–water partition coefficient (Wildman–Crippen LogP) is 2.55. The van der Waals surface area contributed by atoms with Crippen LogP contribution < -0.4 is 0 Å². The molecule has 0 aliphatic carbocycles. The maximum absolute atomic E-state index is 11.7. The number of rotatable bonds is 7. The molecule has 1 aromatic heterocycles. The van der Waals surface area contributed by atoms with Crippen molar-refractivity contribution < 1.29 is 4.79 Å². The topological polar surface area (TPSA) is 34.9 Å². The number of Topliss-reactive ketones (excluding diaryl/α,β-unsaturated/α-hetero) is 1. The van der Waals surface area contributed by atoms with E-state index in [0.29, 0.717) is 17.4 Å². The lowest BCUT2D eigenvalue weighted by atomic mass is 10.3. The molecule has 0 aliphatic heterocycles. The van der Waals surface area contributed by atoms with Gasteiger partial charge in [-0.05, 0) is 13.3 Å². The molecule has 0 bridgehead atoms. The van der Waals surface area contributed by atoms with Crippen molar-refractivity contribution in [3.8, 4) is 0 Å². The molecule has 0 fully saturated rings. The summed E-state index contributed by atoms with van der Waals surface area (Å²) in [5.74, 6) is 1.76. The van der Waals surface area contributed by atoms with Gasteiger partial charge in [0.15, 0.2) is 0 Å². The number of thioether (sulfide) groups is 1. The monoisotopic (exact) mass is 240 g/mol. The van der Waals surface area contributed by atoms with Gasteiger partial charge in [0.25, 0.3) is 0 Å². The highest BCUT2D eigenvalue weighted by molar-refractivity contribution is 8.00. The van der Waals surface area contributed by atoms with Crippen molar-refractivity contribution in [3.05, 3.63) is 18.2 Å². The zero-order chi connectivity index (χ0) is 12.0. The minimum Gasteiger partial charge on any atom is -0.335 e. The summed E-state index contributed by atoms with van der Waals surface area (Å²) >= 11 is 1.73. The van der Waals surface area contributed by atoms with E-state index in [1.54, 1.807) is 18.0 Å². The van der Waals surface area contributed by atoms with Crippen LogP contribution in [0.3, 0.4) is 0 Å². The molecule has 16 heavy (non-hydrogen) atoms. The smallest absolute Gasteiger partial charge is 0.150 e. The number of hydrogen-bond donors (Lipinski definition) is 0. The maximum Gasteiger partial charge on any atom is 0.150 e. The summed E-state index contributed by atoms with van der Waals surface area (Å²) < 4.78 is 2.02. The third-order valence-corrected chi connectivity index (χ3v) is 3.99. The van der Waals surface area contributed by atoms with Gasteiger partial charge in [-0.2, -0.15) is 11.8 Å². The van der Waals surface area contributed by atoms with Gasteiger partial charge in [-0.15, -0.1) is 0 Å². The summed E-state index contributed by atoms with van der Waals surface area (Å²) in [4.78, 5) is 15.9. The first-order valence-corrected chi connectivity index (χ1v) is 6.85. The Morgan fingerprint density at radius 2 is 2.31 bits per heavy atom. The van der Waals surface area contributed by atoms with E-state index in [1.807, 2.05) is 10.8 Å². The number of ketones is 1. The zero-order valence-electron chi connectivity index (χ0n) is 10.3. The number of imidazole rings is 1. The molecule has 4 heteroatoms. The van der Waals surface area contributed by atoms with Gasteiger partial charge >= 0.3 is 0 Å². The average Bonchev–Trinajstić information content (AvgIpc) is 2.73. The van der Waals surface area contributed by atoms with E-state index in [2.05, 4.69) is 25.8 Å². The molecule has 0 radical (unpaired) electrons. The van der Waals surface area contributed by atoms with Gasteiger partial charge in [0.2, 0.25) is 0 Å². The second kappa shape index (κ2) is 6.74. The first kappa shape index (κ1) is 13.3. The highest BCUT2D eigenvalue weighted by Crippen LogP contribution is 2.14. The number of nitrogens with zero attached hydrogens (tertiary/aromatic N) is 2. The zero-order valence-corrected chi connectivity index (χ0v) is 11.1. The van der Waals surface area contributed by atoms with Crippen molar-refractivity contribution >= 4 is 17.5 Å². The lowest BCUT2D eigenvalue weighted by molar-refractivity contribution is -0.116. The fraction of sp³-hybridized carbons (Fsp3) is 0.667. The molecule has 0 saturated heterocycles. The van der Waals surface area contributed by atoms with Crippen LogP contribution in [0, 0.1) is 0 Å². The molecule has 3 nitrogen and oxygen atoms in total. The Balaban J connectivity index is 2.40. The van der Waals surface area contributed by atoms with Crippen molar-refractivity contribution in [3.63, 3.8) is 0 Å². The van der Waals surface area contributed by atoms with Crippen LogP contribution in [-0.4, -0.2) is 26.3 Å². The lowest BCUT2D eigenvalue weighted by Crippen LogP contribution is -2.12. The van der Waals surface area contributed by atoms with Gasteiger partial charge in [-0.25, -0.2) is 4.98 Å². The highest BCUT2D eigenvalue weighted by Gasteiger charge is 2.10. The van der Waals surface area contributed by atoms with E-state index >= 15 is 0 Å². The second-order valence-corrected chi connectivity index (χ2v) is 5.30. The highest BCUT2D eigenvalue weighted by atomic mass is 32.2. The molecule has 1 rings (SSSR count). The van der Waals surface area contributed by atoms with E-state index in [-0.39, 0.29) is 5.78 Å². The molecular formula is C12H20N2OS. The van der Waals surface area contributed by atoms with Crippen LogP contribution in [0.25, 0.3) is 0 Å².